The minimum atomic E-state index is -5.28. The summed E-state index contributed by atoms with van der Waals surface area (Å²) in [5, 5.41) is 51.4. The average Bonchev–Trinajstić information content (AvgIpc) is 3.52. The van der Waals surface area contributed by atoms with E-state index in [1.165, 1.54) is 55.4 Å². The fraction of sp³-hybridized carbons (Fsp3) is 0.429. The molecule has 2 aromatic heterocycles. The number of hydrogen-bond acceptors (Lipinski definition) is 22. The second kappa shape index (κ2) is 27.2. The number of aromatic nitrogens is 4. The number of amides is 4. The first kappa shape index (κ1) is 61.9. The predicted octanol–water partition coefficient (Wildman–Crippen LogP) is 2.01. The van der Waals surface area contributed by atoms with Crippen LogP contribution in [0.4, 0.5) is 5.69 Å². The number of aliphatic hydroxyl groups excluding tert-OH is 4. The highest BCUT2D eigenvalue weighted by Crippen LogP contribution is 2.48. The van der Waals surface area contributed by atoms with Gasteiger partial charge >= 0.3 is 10.4 Å². The first-order valence-corrected chi connectivity index (χ1v) is 28.8. The van der Waals surface area contributed by atoms with Crippen LogP contribution in [-0.4, -0.2) is 225 Å². The van der Waals surface area contributed by atoms with Crippen molar-refractivity contribution in [1.82, 2.24) is 34.7 Å². The molecule has 1 saturated heterocycles. The highest BCUT2D eigenvalue weighted by Gasteiger charge is 2.45. The van der Waals surface area contributed by atoms with Gasteiger partial charge in [-0.25, -0.2) is 4.68 Å². The van der Waals surface area contributed by atoms with E-state index >= 15 is 0 Å². The quantitative estimate of drug-likeness (QED) is 0.0266. The number of alkyl halides is 1. The summed E-state index contributed by atoms with van der Waals surface area (Å²) in [7, 11) is 3.02. The van der Waals surface area contributed by atoms with E-state index in [1.807, 2.05) is 19.0 Å². The summed E-state index contributed by atoms with van der Waals surface area (Å²) in [5.74, 6) is -2.29. The van der Waals surface area contributed by atoms with Gasteiger partial charge in [-0.1, -0.05) is 5.21 Å². The number of ether oxygens (including phenoxy) is 7. The molecular formula is C56H65ClN8O19S. The molecule has 0 bridgehead atoms. The van der Waals surface area contributed by atoms with Gasteiger partial charge in [0, 0.05) is 97.2 Å². The molecule has 9 rings (SSSR count). The number of H-pyrrole nitrogens is 1. The molecule has 1 fully saturated rings. The van der Waals surface area contributed by atoms with Gasteiger partial charge in [0.25, 0.3) is 23.6 Å². The van der Waals surface area contributed by atoms with Gasteiger partial charge in [-0.3, -0.25) is 24.1 Å². The molecule has 85 heavy (non-hydrogen) atoms. The van der Waals surface area contributed by atoms with Gasteiger partial charge in [-0.15, -0.1) is 25.1 Å². The number of imide groups is 1. The maximum atomic E-state index is 14.7. The van der Waals surface area contributed by atoms with Crippen molar-refractivity contribution in [3.63, 3.8) is 0 Å². The Morgan fingerprint density at radius 1 is 0.800 bits per heavy atom. The Bertz CT molecular complexity index is 3540. The van der Waals surface area contributed by atoms with Crippen LogP contribution in [0.3, 0.4) is 0 Å². The maximum Gasteiger partial charge on any atom is 0.501 e. The lowest BCUT2D eigenvalue weighted by atomic mass is 9.95. The molecule has 0 spiro atoms. The summed E-state index contributed by atoms with van der Waals surface area (Å²) >= 11 is 6.63. The number of anilines is 1. The van der Waals surface area contributed by atoms with E-state index in [0.29, 0.717) is 70.9 Å². The Kier molecular flexibility index (Phi) is 19.8. The number of nitrogens with zero attached hydrogens (tertiary/aromatic N) is 7. The Labute approximate surface area is 492 Å². The van der Waals surface area contributed by atoms with Crippen molar-refractivity contribution in [1.29, 1.82) is 0 Å². The van der Waals surface area contributed by atoms with Gasteiger partial charge < -0.3 is 81.6 Å². The molecule has 456 valence electrons. The van der Waals surface area contributed by atoms with Gasteiger partial charge in [-0.05, 0) is 73.6 Å². The SMILES string of the molecule is COc1ccc2c(OS(=O)(=O)Oc3cc(C(=O)N(C)CCOCCn4cc(CCOCCN5C(=O)C=CC5=O)nn4)ccc3O[C@@H]3O[C@H](CO)[C@H](O)[C@H](O)C3O)cc3c(c2c1)[C@H](CCl)CN3C(=O)c1cc2cc(OCCN(C)C)c(OC)cc2[nH]1. The van der Waals surface area contributed by atoms with Gasteiger partial charge in [0.1, 0.15) is 42.5 Å². The lowest BCUT2D eigenvalue weighted by molar-refractivity contribution is -0.277. The number of likely N-dealkylation sites (N-methyl/N-ethyl adjacent to an activating group) is 2. The number of rotatable bonds is 28. The number of carbonyl (C=O) groups is 4. The van der Waals surface area contributed by atoms with Crippen molar-refractivity contribution in [3.8, 4) is 34.5 Å². The first-order valence-electron chi connectivity index (χ1n) is 26.9. The maximum absolute atomic E-state index is 14.7. The zero-order chi connectivity index (χ0) is 60.7. The summed E-state index contributed by atoms with van der Waals surface area (Å²) in [6.07, 6.45) is -4.19. The highest BCUT2D eigenvalue weighted by molar-refractivity contribution is 7.82. The number of fused-ring (bicyclic) bond motifs is 4. The fourth-order valence-electron chi connectivity index (χ4n) is 9.73. The molecule has 0 saturated carbocycles. The number of halogens is 1. The monoisotopic (exact) mass is 1220 g/mol. The van der Waals surface area contributed by atoms with E-state index in [-0.39, 0.29) is 91.8 Å². The van der Waals surface area contributed by atoms with Crippen molar-refractivity contribution >= 4 is 73.0 Å². The highest BCUT2D eigenvalue weighted by atomic mass is 35.5. The summed E-state index contributed by atoms with van der Waals surface area (Å²) in [5.41, 5.74) is 2.19. The van der Waals surface area contributed by atoms with Crippen molar-refractivity contribution in [2.75, 3.05) is 112 Å². The molecule has 3 aliphatic rings. The molecule has 4 aromatic carbocycles. The largest absolute Gasteiger partial charge is 0.501 e. The van der Waals surface area contributed by atoms with E-state index in [4.69, 9.17) is 53.1 Å². The second-order valence-corrected chi connectivity index (χ2v) is 21.8. The summed E-state index contributed by atoms with van der Waals surface area (Å²) in [6.45, 7) is 1.56. The molecule has 29 heteroatoms. The van der Waals surface area contributed by atoms with E-state index < -0.39 is 76.9 Å². The van der Waals surface area contributed by atoms with Crippen LogP contribution in [0.15, 0.2) is 79.0 Å². The number of nitrogens with one attached hydrogen (secondary N) is 1. The van der Waals surface area contributed by atoms with Crippen LogP contribution >= 0.6 is 11.6 Å². The third-order valence-electron chi connectivity index (χ3n) is 14.3. The van der Waals surface area contributed by atoms with Crippen LogP contribution in [0.2, 0.25) is 0 Å². The Morgan fingerprint density at radius 2 is 1.55 bits per heavy atom. The molecular weight excluding hydrogens is 1160 g/mol. The molecule has 6 aromatic rings. The topological polar surface area (TPSA) is 326 Å². The minimum absolute atomic E-state index is 0.0622. The lowest BCUT2D eigenvalue weighted by Crippen LogP contribution is -2.60. The molecule has 6 atom stereocenters. The summed E-state index contributed by atoms with van der Waals surface area (Å²) in [6, 6.07) is 14.9. The van der Waals surface area contributed by atoms with Gasteiger partial charge in [0.05, 0.1) is 71.7 Å². The molecule has 27 nitrogen and oxygen atoms in total. The summed E-state index contributed by atoms with van der Waals surface area (Å²) < 4.78 is 81.9. The van der Waals surface area contributed by atoms with Gasteiger partial charge in [-0.2, -0.15) is 0 Å². The van der Waals surface area contributed by atoms with E-state index in [0.717, 1.165) is 17.0 Å². The third kappa shape index (κ3) is 14.2. The number of carbonyl (C=O) groups excluding carboxylic acids is 4. The number of hydrogen-bond donors (Lipinski definition) is 5. The van der Waals surface area contributed by atoms with Crippen LogP contribution < -0.4 is 32.2 Å². The van der Waals surface area contributed by atoms with Crippen LogP contribution in [0.1, 0.15) is 38.0 Å². The van der Waals surface area contributed by atoms with Crippen molar-refractivity contribution < 1.29 is 89.5 Å². The first-order chi connectivity index (χ1) is 40.8. The van der Waals surface area contributed by atoms with Crippen molar-refractivity contribution in [2.45, 2.75) is 49.6 Å². The average molecular weight is 1220 g/mol. The van der Waals surface area contributed by atoms with E-state index in [1.54, 1.807) is 47.3 Å². The molecule has 1 unspecified atom stereocenters. The molecule has 0 radical (unpaired) electrons. The number of aliphatic hydroxyl groups is 4. The molecule has 5 N–H and O–H groups in total. The molecule has 5 heterocycles. The number of aromatic amines is 1. The second-order valence-electron chi connectivity index (χ2n) is 20.3. The summed E-state index contributed by atoms with van der Waals surface area (Å²) in [4.78, 5) is 61.1. The zero-order valence-corrected chi connectivity index (χ0v) is 48.6. The fourth-order valence-corrected chi connectivity index (χ4v) is 10.7. The Hall–Kier alpha value is -7.64. The predicted molar refractivity (Wildman–Crippen MR) is 304 cm³/mol. The third-order valence-corrected chi connectivity index (χ3v) is 15.4. The van der Waals surface area contributed by atoms with E-state index in [9.17, 15) is 48.0 Å². The Balaban J connectivity index is 0.921. The normalized spacial score (nSPS) is 19.5. The van der Waals surface area contributed by atoms with Crippen LogP contribution in [0.5, 0.6) is 34.5 Å². The van der Waals surface area contributed by atoms with E-state index in [2.05, 4.69) is 15.3 Å². The zero-order valence-electron chi connectivity index (χ0n) is 47.0. The van der Waals surface area contributed by atoms with Gasteiger partial charge in [0.2, 0.25) is 6.29 Å². The standard InChI is InChI=1S/C56H65ClN8O19S/c1-61(2)13-21-80-45-24-33-22-40(58-39(33)26-44(45)77-5)55(73)65-29-34(28-57)50-38-25-36(76-4)7-8-37(38)43(27-41(50)65)83-85(74,75)84-46-23-32(6-9-42(46)81-56-53(71)52(70)51(69)47(31-66)82-56)54(72)62(3)14-18-79-19-15-63-30-35(59-60-63)12-17-78-20-16-64-48(67)10-11-49(64)68/h6-11,22-27,30,34,47,51-53,56,58,66,69-71H,12-21,28-29,31H2,1-5H3/t34-,47-,51+,52+,53?,56-/m1/s1. The molecule has 3 aliphatic heterocycles. The minimum Gasteiger partial charge on any atom is -0.497 e. The lowest BCUT2D eigenvalue weighted by Gasteiger charge is -2.39. The number of benzene rings is 4. The van der Waals surface area contributed by atoms with Crippen LogP contribution in [0, 0.1) is 0 Å². The molecule has 0 aliphatic carbocycles. The van der Waals surface area contributed by atoms with Crippen molar-refractivity contribution in [2.24, 2.45) is 0 Å². The van der Waals surface area contributed by atoms with Crippen LogP contribution in [-0.2, 0) is 47.2 Å². The molecule has 4 amide bonds. The van der Waals surface area contributed by atoms with Gasteiger partial charge in [0.15, 0.2) is 28.7 Å². The number of methoxy groups -OCH3 is 2. The smallest absolute Gasteiger partial charge is 0.497 e. The Morgan fingerprint density at radius 3 is 2.28 bits per heavy atom. The van der Waals surface area contributed by atoms with Crippen LogP contribution in [0.25, 0.3) is 21.7 Å². The van der Waals surface area contributed by atoms with Crippen molar-refractivity contribution in [3.05, 3.63) is 102 Å².